The molecule has 4 nitrogen and oxygen atoms in total. The zero-order valence-corrected chi connectivity index (χ0v) is 19.6. The van der Waals surface area contributed by atoms with Crippen molar-refractivity contribution in [3.05, 3.63) is 29.1 Å². The van der Waals surface area contributed by atoms with Gasteiger partial charge in [0.05, 0.1) is 4.88 Å². The van der Waals surface area contributed by atoms with Crippen LogP contribution in [0.1, 0.15) is 49.2 Å². The molecule has 5 heterocycles. The van der Waals surface area contributed by atoms with Crippen molar-refractivity contribution < 1.29 is 13.6 Å². The maximum absolute atomic E-state index is 13.5. The van der Waals surface area contributed by atoms with Crippen molar-refractivity contribution in [1.82, 2.24) is 10.2 Å². The molecule has 8 heteroatoms. The van der Waals surface area contributed by atoms with Gasteiger partial charge in [-0.2, -0.15) is 0 Å². The molecular formula is C23H30ClF2N3OS. The number of piperidine rings is 4. The fourth-order valence-corrected chi connectivity index (χ4v) is 6.51. The van der Waals surface area contributed by atoms with E-state index >= 15 is 0 Å². The lowest BCUT2D eigenvalue weighted by atomic mass is 9.72. The zero-order valence-electron chi connectivity index (χ0n) is 18.0. The molecule has 2 bridgehead atoms. The van der Waals surface area contributed by atoms with Gasteiger partial charge >= 0.3 is 0 Å². The standard InChI is InChI=1S/C23H29F2N3OS.ClH/c1-22(2)20(15-5-9-28(22)10-6-15)26-21(29)19-13-16-3-4-17(14-18(16)30-19)27-11-7-23(24,25)8-12-27;/h3-4,13-15,20H,5-12H2,1-2H3,(H,26,29);1H. The van der Waals surface area contributed by atoms with Gasteiger partial charge in [0.2, 0.25) is 0 Å². The fourth-order valence-electron chi connectivity index (χ4n) is 5.51. The third-order valence-corrected chi connectivity index (χ3v) is 8.56. The Hall–Kier alpha value is -1.44. The number of alkyl halides is 2. The smallest absolute Gasteiger partial charge is 0.261 e. The second-order valence-corrected chi connectivity index (χ2v) is 10.7. The summed E-state index contributed by atoms with van der Waals surface area (Å²) in [5, 5.41) is 4.37. The second-order valence-electron chi connectivity index (χ2n) is 9.61. The highest BCUT2D eigenvalue weighted by atomic mass is 35.5. The average Bonchev–Trinajstić information content (AvgIpc) is 3.14. The van der Waals surface area contributed by atoms with Crippen molar-refractivity contribution in [1.29, 1.82) is 0 Å². The Balaban J connectivity index is 0.00000231. The van der Waals surface area contributed by atoms with Crippen LogP contribution in [0.2, 0.25) is 0 Å². The van der Waals surface area contributed by atoms with E-state index in [4.69, 9.17) is 0 Å². The molecule has 4 aliphatic rings. The lowest BCUT2D eigenvalue weighted by molar-refractivity contribution is -0.0377. The summed E-state index contributed by atoms with van der Waals surface area (Å²) in [6, 6.07) is 8.15. The van der Waals surface area contributed by atoms with Crippen LogP contribution in [0.15, 0.2) is 24.3 Å². The molecule has 1 aromatic heterocycles. The maximum Gasteiger partial charge on any atom is 0.261 e. The highest BCUT2D eigenvalue weighted by Crippen LogP contribution is 2.39. The summed E-state index contributed by atoms with van der Waals surface area (Å²) < 4.78 is 28.0. The van der Waals surface area contributed by atoms with E-state index in [1.807, 2.05) is 29.2 Å². The molecule has 31 heavy (non-hydrogen) atoms. The Bertz CT molecular complexity index is 961. The number of carbonyl (C=O) groups is 1. The summed E-state index contributed by atoms with van der Waals surface area (Å²) in [6.45, 7) is 7.46. The Morgan fingerprint density at radius 2 is 1.77 bits per heavy atom. The fraction of sp³-hybridized carbons (Fsp3) is 0.609. The van der Waals surface area contributed by atoms with Crippen molar-refractivity contribution in [2.24, 2.45) is 5.92 Å². The maximum atomic E-state index is 13.5. The largest absolute Gasteiger partial charge is 0.371 e. The molecule has 0 radical (unpaired) electrons. The number of anilines is 1. The van der Waals surface area contributed by atoms with E-state index in [1.165, 1.54) is 11.3 Å². The molecule has 1 atom stereocenters. The van der Waals surface area contributed by atoms with E-state index in [9.17, 15) is 13.6 Å². The van der Waals surface area contributed by atoms with Gasteiger partial charge in [-0.15, -0.1) is 23.7 Å². The Morgan fingerprint density at radius 3 is 2.42 bits per heavy atom. The lowest BCUT2D eigenvalue weighted by Crippen LogP contribution is -2.69. The summed E-state index contributed by atoms with van der Waals surface area (Å²) in [7, 11) is 0. The molecule has 4 aliphatic heterocycles. The van der Waals surface area contributed by atoms with Crippen LogP contribution in [0.5, 0.6) is 0 Å². The number of hydrogen-bond donors (Lipinski definition) is 1. The first kappa shape index (κ1) is 22.7. The Kier molecular flexibility index (Phi) is 5.99. The predicted molar refractivity (Wildman–Crippen MR) is 125 cm³/mol. The van der Waals surface area contributed by atoms with Gasteiger partial charge in [0.25, 0.3) is 11.8 Å². The van der Waals surface area contributed by atoms with Gasteiger partial charge in [0.15, 0.2) is 0 Å². The molecule has 0 spiro atoms. The van der Waals surface area contributed by atoms with E-state index < -0.39 is 5.92 Å². The number of nitrogens with zero attached hydrogens (tertiary/aromatic N) is 2. The zero-order chi connectivity index (χ0) is 21.1. The van der Waals surface area contributed by atoms with Gasteiger partial charge in [-0.1, -0.05) is 6.07 Å². The number of hydrogen-bond acceptors (Lipinski definition) is 4. The highest BCUT2D eigenvalue weighted by Gasteiger charge is 2.48. The summed E-state index contributed by atoms with van der Waals surface area (Å²) >= 11 is 1.49. The van der Waals surface area contributed by atoms with Gasteiger partial charge in [0, 0.05) is 47.9 Å². The molecule has 1 N–H and O–H groups in total. The van der Waals surface area contributed by atoms with Crippen molar-refractivity contribution in [2.45, 2.75) is 57.0 Å². The Morgan fingerprint density at radius 1 is 1.10 bits per heavy atom. The third kappa shape index (κ3) is 4.16. The van der Waals surface area contributed by atoms with Gasteiger partial charge in [-0.3, -0.25) is 9.69 Å². The molecule has 1 unspecified atom stereocenters. The van der Waals surface area contributed by atoms with Gasteiger partial charge in [-0.05, 0) is 69.3 Å². The Labute approximate surface area is 192 Å². The SMILES string of the molecule is CC1(C)C(NC(=O)c2cc3ccc(N4CCC(F)(F)CC4)cc3s2)C2CCN1CC2.Cl. The van der Waals surface area contributed by atoms with E-state index in [2.05, 4.69) is 24.1 Å². The van der Waals surface area contributed by atoms with Crippen LogP contribution in [0.3, 0.4) is 0 Å². The lowest BCUT2D eigenvalue weighted by Gasteiger charge is -2.56. The summed E-state index contributed by atoms with van der Waals surface area (Å²) in [4.78, 5) is 18.3. The summed E-state index contributed by atoms with van der Waals surface area (Å²) in [5.41, 5.74) is 0.946. The average molecular weight is 470 g/mol. The molecule has 6 rings (SSSR count). The summed E-state index contributed by atoms with van der Waals surface area (Å²) in [6.07, 6.45) is 2.11. The first-order valence-corrected chi connectivity index (χ1v) is 11.8. The number of thiophene rings is 1. The molecule has 2 aromatic rings. The molecular weight excluding hydrogens is 440 g/mol. The minimum absolute atomic E-state index is 0. The number of rotatable bonds is 3. The first-order valence-electron chi connectivity index (χ1n) is 11.0. The number of amides is 1. The van der Waals surface area contributed by atoms with E-state index in [0.717, 1.165) is 46.6 Å². The second kappa shape index (κ2) is 8.16. The molecule has 1 aromatic carbocycles. The van der Waals surface area contributed by atoms with Crippen LogP contribution in [-0.4, -0.2) is 54.5 Å². The number of halogens is 3. The van der Waals surface area contributed by atoms with Crippen LogP contribution in [-0.2, 0) is 0 Å². The number of fused-ring (bicyclic) bond motifs is 4. The minimum Gasteiger partial charge on any atom is -0.371 e. The van der Waals surface area contributed by atoms with E-state index in [0.29, 0.717) is 19.0 Å². The quantitative estimate of drug-likeness (QED) is 0.674. The van der Waals surface area contributed by atoms with Crippen molar-refractivity contribution >= 4 is 45.4 Å². The summed E-state index contributed by atoms with van der Waals surface area (Å²) in [5.74, 6) is -1.99. The van der Waals surface area contributed by atoms with Gasteiger partial charge in [0.1, 0.15) is 0 Å². The van der Waals surface area contributed by atoms with Crippen molar-refractivity contribution in [3.63, 3.8) is 0 Å². The molecule has 0 aliphatic carbocycles. The third-order valence-electron chi connectivity index (χ3n) is 7.46. The predicted octanol–water partition coefficient (Wildman–Crippen LogP) is 5.16. The molecule has 4 saturated heterocycles. The first-order chi connectivity index (χ1) is 14.2. The molecule has 1 amide bonds. The van der Waals surface area contributed by atoms with Crippen LogP contribution in [0.4, 0.5) is 14.5 Å². The van der Waals surface area contributed by atoms with E-state index in [-0.39, 0.29) is 42.7 Å². The van der Waals surface area contributed by atoms with Crippen LogP contribution >= 0.6 is 23.7 Å². The minimum atomic E-state index is -2.54. The topological polar surface area (TPSA) is 35.6 Å². The van der Waals surface area contributed by atoms with Crippen LogP contribution < -0.4 is 10.2 Å². The van der Waals surface area contributed by atoms with Crippen LogP contribution in [0, 0.1) is 5.92 Å². The monoisotopic (exact) mass is 469 g/mol. The number of nitrogens with one attached hydrogen (secondary N) is 1. The van der Waals surface area contributed by atoms with Crippen molar-refractivity contribution in [3.8, 4) is 0 Å². The van der Waals surface area contributed by atoms with Crippen LogP contribution in [0.25, 0.3) is 10.1 Å². The van der Waals surface area contributed by atoms with Gasteiger partial charge < -0.3 is 10.2 Å². The molecule has 4 fully saturated rings. The normalized spacial score (nSPS) is 28.9. The number of carbonyl (C=O) groups excluding carboxylic acids is 1. The van der Waals surface area contributed by atoms with E-state index in [1.54, 1.807) is 0 Å². The van der Waals surface area contributed by atoms with Crippen molar-refractivity contribution in [2.75, 3.05) is 31.1 Å². The molecule has 170 valence electrons. The number of benzene rings is 1. The van der Waals surface area contributed by atoms with Gasteiger partial charge in [-0.25, -0.2) is 8.78 Å². The highest BCUT2D eigenvalue weighted by molar-refractivity contribution is 7.20. The molecule has 0 saturated carbocycles.